The molecule has 2 aromatic rings. The molecule has 0 aromatic heterocycles. The monoisotopic (exact) mass is 386 g/mol. The Morgan fingerprint density at radius 3 is 1.78 bits per heavy atom. The molecule has 0 N–H and O–H groups in total. The molecule has 0 bridgehead atoms. The predicted octanol–water partition coefficient (Wildman–Crippen LogP) is 2.02. The maximum absolute atomic E-state index is 12.7. The van der Waals surface area contributed by atoms with Crippen molar-refractivity contribution < 1.29 is 18.0 Å². The van der Waals surface area contributed by atoms with Gasteiger partial charge in [-0.15, -0.1) is 0 Å². The van der Waals surface area contributed by atoms with E-state index in [0.717, 1.165) is 11.1 Å². The fourth-order valence-corrected chi connectivity index (χ4v) is 4.39. The van der Waals surface area contributed by atoms with Crippen molar-refractivity contribution in [3.8, 4) is 0 Å². The van der Waals surface area contributed by atoms with Crippen LogP contribution in [-0.2, 0) is 14.8 Å². The zero-order valence-electron chi connectivity index (χ0n) is 15.4. The molecule has 1 heterocycles. The number of amides is 1. The molecular formula is C20H22N2O4S. The number of piperazine rings is 1. The van der Waals surface area contributed by atoms with Gasteiger partial charge in [0.1, 0.15) is 0 Å². The third kappa shape index (κ3) is 4.09. The van der Waals surface area contributed by atoms with Crippen molar-refractivity contribution in [3.63, 3.8) is 0 Å². The first-order chi connectivity index (χ1) is 12.8. The SMILES string of the molecule is Cc1ccc(C(=O)C(=O)N2CCN(S(=O)(=O)c3ccc(C)cc3)CC2)cc1. The second kappa shape index (κ2) is 7.62. The first-order valence-corrected chi connectivity index (χ1v) is 10.2. The number of benzene rings is 2. The van der Waals surface area contributed by atoms with E-state index in [1.807, 2.05) is 13.8 Å². The minimum absolute atomic E-state index is 0.170. The van der Waals surface area contributed by atoms with Crippen LogP contribution in [0, 0.1) is 13.8 Å². The smallest absolute Gasteiger partial charge is 0.295 e. The number of carbonyl (C=O) groups excluding carboxylic acids is 2. The summed E-state index contributed by atoms with van der Waals surface area (Å²) in [6.45, 7) is 4.53. The van der Waals surface area contributed by atoms with Gasteiger partial charge in [0.2, 0.25) is 15.8 Å². The van der Waals surface area contributed by atoms with Crippen molar-refractivity contribution in [1.82, 2.24) is 9.21 Å². The van der Waals surface area contributed by atoms with E-state index in [0.29, 0.717) is 5.56 Å². The van der Waals surface area contributed by atoms with Crippen molar-refractivity contribution >= 4 is 21.7 Å². The van der Waals surface area contributed by atoms with E-state index in [1.54, 1.807) is 48.5 Å². The lowest BCUT2D eigenvalue weighted by Crippen LogP contribution is -2.52. The molecule has 7 heteroatoms. The molecule has 0 atom stereocenters. The van der Waals surface area contributed by atoms with E-state index in [4.69, 9.17) is 0 Å². The Morgan fingerprint density at radius 2 is 1.26 bits per heavy atom. The molecule has 0 aliphatic carbocycles. The summed E-state index contributed by atoms with van der Waals surface area (Å²) in [5.74, 6) is -1.16. The molecule has 1 aliphatic heterocycles. The van der Waals surface area contributed by atoms with Gasteiger partial charge >= 0.3 is 0 Å². The Labute approximate surface area is 159 Å². The Kier molecular flexibility index (Phi) is 5.43. The van der Waals surface area contributed by atoms with Gasteiger partial charge in [0.05, 0.1) is 4.90 Å². The molecule has 0 spiro atoms. The van der Waals surface area contributed by atoms with E-state index in [1.165, 1.54) is 9.21 Å². The number of aryl methyl sites for hydroxylation is 2. The molecule has 2 aromatic carbocycles. The van der Waals surface area contributed by atoms with Crippen molar-refractivity contribution in [1.29, 1.82) is 0 Å². The lowest BCUT2D eigenvalue weighted by molar-refractivity contribution is -0.127. The molecule has 1 saturated heterocycles. The number of hydrogen-bond acceptors (Lipinski definition) is 4. The number of sulfonamides is 1. The van der Waals surface area contributed by atoms with Gasteiger partial charge in [-0.1, -0.05) is 47.5 Å². The predicted molar refractivity (Wildman–Crippen MR) is 102 cm³/mol. The number of Topliss-reactive ketones (excluding diaryl/α,β-unsaturated/α-hetero) is 1. The van der Waals surface area contributed by atoms with Crippen LogP contribution in [0.2, 0.25) is 0 Å². The van der Waals surface area contributed by atoms with E-state index in [2.05, 4.69) is 0 Å². The molecular weight excluding hydrogens is 364 g/mol. The summed E-state index contributed by atoms with van der Waals surface area (Å²) in [5.41, 5.74) is 2.34. The second-order valence-electron chi connectivity index (χ2n) is 6.70. The normalized spacial score (nSPS) is 15.6. The van der Waals surface area contributed by atoms with Crippen LogP contribution < -0.4 is 0 Å². The maximum Gasteiger partial charge on any atom is 0.295 e. The zero-order chi connectivity index (χ0) is 19.6. The average Bonchev–Trinajstić information content (AvgIpc) is 2.68. The largest absolute Gasteiger partial charge is 0.333 e. The number of carbonyl (C=O) groups is 2. The average molecular weight is 386 g/mol. The molecule has 0 unspecified atom stereocenters. The van der Waals surface area contributed by atoms with Crippen molar-refractivity contribution in [2.24, 2.45) is 0 Å². The molecule has 3 rings (SSSR count). The first kappa shape index (κ1) is 19.3. The fourth-order valence-electron chi connectivity index (χ4n) is 2.96. The minimum Gasteiger partial charge on any atom is -0.333 e. The van der Waals surface area contributed by atoms with Gasteiger partial charge in [-0.05, 0) is 26.0 Å². The first-order valence-electron chi connectivity index (χ1n) is 8.76. The van der Waals surface area contributed by atoms with Gasteiger partial charge in [0, 0.05) is 31.7 Å². The highest BCUT2D eigenvalue weighted by molar-refractivity contribution is 7.89. The molecule has 1 fully saturated rings. The summed E-state index contributed by atoms with van der Waals surface area (Å²) in [6.07, 6.45) is 0. The van der Waals surface area contributed by atoms with Gasteiger partial charge in [-0.2, -0.15) is 4.31 Å². The number of nitrogens with zero attached hydrogens (tertiary/aromatic N) is 2. The number of ketones is 1. The summed E-state index contributed by atoms with van der Waals surface area (Å²) in [7, 11) is -3.59. The standard InChI is InChI=1S/C20H22N2O4S/c1-15-3-7-17(8-4-15)19(23)20(24)21-11-13-22(14-12-21)27(25,26)18-9-5-16(2)6-10-18/h3-10H,11-14H2,1-2H3. The zero-order valence-corrected chi connectivity index (χ0v) is 16.2. The Balaban J connectivity index is 1.66. The van der Waals surface area contributed by atoms with Crippen LogP contribution in [0.15, 0.2) is 53.4 Å². The van der Waals surface area contributed by atoms with E-state index < -0.39 is 21.7 Å². The Morgan fingerprint density at radius 1 is 0.778 bits per heavy atom. The van der Waals surface area contributed by atoms with Crippen LogP contribution >= 0.6 is 0 Å². The fraction of sp³-hybridized carbons (Fsp3) is 0.300. The van der Waals surface area contributed by atoms with E-state index >= 15 is 0 Å². The highest BCUT2D eigenvalue weighted by atomic mass is 32.2. The van der Waals surface area contributed by atoms with Crippen LogP contribution in [0.25, 0.3) is 0 Å². The Bertz CT molecular complexity index is 942. The highest BCUT2D eigenvalue weighted by Crippen LogP contribution is 2.18. The van der Waals surface area contributed by atoms with Crippen molar-refractivity contribution in [2.75, 3.05) is 26.2 Å². The van der Waals surface area contributed by atoms with Gasteiger partial charge in [0.15, 0.2) is 0 Å². The summed E-state index contributed by atoms with van der Waals surface area (Å²) < 4.78 is 26.8. The molecule has 142 valence electrons. The molecule has 1 aliphatic rings. The van der Waals surface area contributed by atoms with Crippen molar-refractivity contribution in [2.45, 2.75) is 18.7 Å². The highest BCUT2D eigenvalue weighted by Gasteiger charge is 2.32. The van der Waals surface area contributed by atoms with Gasteiger partial charge in [-0.25, -0.2) is 8.42 Å². The third-order valence-electron chi connectivity index (χ3n) is 4.69. The quantitative estimate of drug-likeness (QED) is 0.595. The van der Waals surface area contributed by atoms with Gasteiger partial charge < -0.3 is 4.90 Å². The van der Waals surface area contributed by atoms with E-state index in [-0.39, 0.29) is 31.1 Å². The molecule has 0 saturated carbocycles. The molecule has 6 nitrogen and oxygen atoms in total. The second-order valence-corrected chi connectivity index (χ2v) is 8.64. The van der Waals surface area contributed by atoms with Crippen LogP contribution in [0.1, 0.15) is 21.5 Å². The lowest BCUT2D eigenvalue weighted by Gasteiger charge is -2.33. The van der Waals surface area contributed by atoms with E-state index in [9.17, 15) is 18.0 Å². The van der Waals surface area contributed by atoms with Crippen molar-refractivity contribution in [3.05, 3.63) is 65.2 Å². The third-order valence-corrected chi connectivity index (χ3v) is 6.61. The van der Waals surface area contributed by atoms with Gasteiger partial charge in [0.25, 0.3) is 5.91 Å². The number of hydrogen-bond donors (Lipinski definition) is 0. The molecule has 27 heavy (non-hydrogen) atoms. The van der Waals surface area contributed by atoms with Crippen LogP contribution in [0.5, 0.6) is 0 Å². The van der Waals surface area contributed by atoms with Gasteiger partial charge in [-0.3, -0.25) is 9.59 Å². The summed E-state index contributed by atoms with van der Waals surface area (Å²) in [6, 6.07) is 13.5. The van der Waals surface area contributed by atoms with Crippen LogP contribution in [0.4, 0.5) is 0 Å². The summed E-state index contributed by atoms with van der Waals surface area (Å²) >= 11 is 0. The molecule has 0 radical (unpaired) electrons. The summed E-state index contributed by atoms with van der Waals surface area (Å²) in [4.78, 5) is 26.5. The lowest BCUT2D eigenvalue weighted by atomic mass is 10.1. The topological polar surface area (TPSA) is 74.8 Å². The minimum atomic E-state index is -3.59. The molecule has 1 amide bonds. The number of rotatable bonds is 4. The maximum atomic E-state index is 12.7. The Hall–Kier alpha value is -2.51. The van der Waals surface area contributed by atoms with Crippen LogP contribution in [0.3, 0.4) is 0 Å². The summed E-state index contributed by atoms with van der Waals surface area (Å²) in [5, 5.41) is 0. The van der Waals surface area contributed by atoms with Crippen LogP contribution in [-0.4, -0.2) is 55.5 Å².